The summed E-state index contributed by atoms with van der Waals surface area (Å²) in [5, 5.41) is 37.8. The molecule has 1 fully saturated rings. The monoisotopic (exact) mass is 470 g/mol. The van der Waals surface area contributed by atoms with Gasteiger partial charge >= 0.3 is 5.97 Å². The fourth-order valence-electron chi connectivity index (χ4n) is 5.12. The van der Waals surface area contributed by atoms with Gasteiger partial charge in [0.2, 0.25) is 0 Å². The van der Waals surface area contributed by atoms with Crippen LogP contribution in [0.2, 0.25) is 0 Å². The number of ether oxygens (including phenoxy) is 1. The van der Waals surface area contributed by atoms with Crippen LogP contribution < -0.4 is 4.74 Å². The maximum atomic E-state index is 12.4. The van der Waals surface area contributed by atoms with Gasteiger partial charge in [0.1, 0.15) is 11.8 Å². The van der Waals surface area contributed by atoms with Gasteiger partial charge in [-0.25, -0.2) is 0 Å². The molecule has 3 N–H and O–H groups in total. The van der Waals surface area contributed by atoms with E-state index in [0.717, 1.165) is 4.47 Å². The van der Waals surface area contributed by atoms with Crippen LogP contribution in [0.1, 0.15) is 22.7 Å². The molecule has 7 nitrogen and oxygen atoms in total. The zero-order valence-electron chi connectivity index (χ0n) is 15.9. The first-order valence-electron chi connectivity index (χ1n) is 9.48. The number of aliphatic hydroxyl groups excluding tert-OH is 1. The van der Waals surface area contributed by atoms with Crippen LogP contribution in [0.5, 0.6) is 5.75 Å². The van der Waals surface area contributed by atoms with Crippen LogP contribution in [0.3, 0.4) is 0 Å². The Balaban J connectivity index is 1.86. The number of aromatic nitrogens is 2. The second-order valence-electron chi connectivity index (χ2n) is 7.82. The molecular formula is C22H19BrN2O5. The zero-order valence-corrected chi connectivity index (χ0v) is 17.5. The summed E-state index contributed by atoms with van der Waals surface area (Å²) in [6.07, 6.45) is -0.0171. The molecular weight excluding hydrogens is 452 g/mol. The van der Waals surface area contributed by atoms with Crippen molar-refractivity contribution in [2.24, 2.45) is 13.0 Å². The minimum Gasteiger partial charge on any atom is -0.481 e. The molecule has 0 amide bonds. The van der Waals surface area contributed by atoms with Gasteiger partial charge in [-0.3, -0.25) is 9.48 Å². The number of aliphatic hydroxyl groups is 2. The van der Waals surface area contributed by atoms with E-state index in [1.54, 1.807) is 61.8 Å². The molecule has 0 spiro atoms. The van der Waals surface area contributed by atoms with Crippen molar-refractivity contribution < 1.29 is 24.9 Å². The lowest BCUT2D eigenvalue weighted by Gasteiger charge is -2.40. The number of rotatable bonds is 3. The van der Waals surface area contributed by atoms with Gasteiger partial charge in [0.05, 0.1) is 12.1 Å². The Morgan fingerprint density at radius 2 is 1.83 bits per heavy atom. The Hall–Kier alpha value is -2.68. The van der Waals surface area contributed by atoms with Crippen molar-refractivity contribution in [2.45, 2.75) is 23.2 Å². The molecule has 8 heteroatoms. The van der Waals surface area contributed by atoms with Gasteiger partial charge in [0.15, 0.2) is 17.0 Å². The number of aryl methyl sites for hydroxylation is 1. The van der Waals surface area contributed by atoms with Crippen LogP contribution in [0.4, 0.5) is 0 Å². The van der Waals surface area contributed by atoms with E-state index in [0.29, 0.717) is 16.9 Å². The number of benzene rings is 2. The Bertz CT molecular complexity index is 1130. The molecule has 0 bridgehead atoms. The number of carbonyl (C=O) groups is 1. The first kappa shape index (κ1) is 19.3. The highest BCUT2D eigenvalue weighted by molar-refractivity contribution is 9.10. The molecule has 30 heavy (non-hydrogen) atoms. The molecule has 2 aliphatic rings. The van der Waals surface area contributed by atoms with Gasteiger partial charge in [-0.05, 0) is 23.3 Å². The van der Waals surface area contributed by atoms with E-state index in [1.807, 2.05) is 6.07 Å². The Morgan fingerprint density at radius 3 is 2.47 bits per heavy atom. The standard InChI is InChI=1S/C22H19BrN2O5/c1-25-11-15-18(24-25)21(29)19(26)16(20(27)28)17(12-5-3-2-4-6-12)22(21,30-15)13-7-9-14(23)10-8-13/h2-11,16-17,19,26,29H,1H3,(H,27,28). The normalized spacial score (nSPS) is 31.8. The Kier molecular flexibility index (Phi) is 4.12. The van der Waals surface area contributed by atoms with Gasteiger partial charge in [-0.1, -0.05) is 58.4 Å². The van der Waals surface area contributed by atoms with E-state index in [4.69, 9.17) is 4.74 Å². The summed E-state index contributed by atoms with van der Waals surface area (Å²) in [6, 6.07) is 16.1. The average Bonchev–Trinajstić information content (AvgIpc) is 3.27. The Morgan fingerprint density at radius 1 is 1.17 bits per heavy atom. The van der Waals surface area contributed by atoms with Gasteiger partial charge in [0, 0.05) is 17.4 Å². The van der Waals surface area contributed by atoms with Crippen molar-refractivity contribution in [3.63, 3.8) is 0 Å². The first-order valence-corrected chi connectivity index (χ1v) is 10.3. The molecule has 5 atom stereocenters. The van der Waals surface area contributed by atoms with Gasteiger partial charge < -0.3 is 20.1 Å². The molecule has 5 rings (SSSR count). The SMILES string of the molecule is Cn1cc2c(n1)C1(O)C(O)C(C(=O)O)C(c3ccccc3)C1(c1ccc(Br)cc1)O2. The molecule has 3 aromatic rings. The van der Waals surface area contributed by atoms with E-state index >= 15 is 0 Å². The summed E-state index contributed by atoms with van der Waals surface area (Å²) in [7, 11) is 1.68. The largest absolute Gasteiger partial charge is 0.481 e. The minimum absolute atomic E-state index is 0.144. The summed E-state index contributed by atoms with van der Waals surface area (Å²) in [4.78, 5) is 12.4. The van der Waals surface area contributed by atoms with Crippen LogP contribution in [0.25, 0.3) is 0 Å². The van der Waals surface area contributed by atoms with Gasteiger partial charge in [0.25, 0.3) is 0 Å². The summed E-state index contributed by atoms with van der Waals surface area (Å²) >= 11 is 3.41. The third-order valence-electron chi connectivity index (χ3n) is 6.28. The number of hydrogen-bond donors (Lipinski definition) is 3. The van der Waals surface area contributed by atoms with Crippen LogP contribution in [0, 0.1) is 5.92 Å². The molecule has 154 valence electrons. The topological polar surface area (TPSA) is 105 Å². The quantitative estimate of drug-likeness (QED) is 0.543. The van der Waals surface area contributed by atoms with Crippen molar-refractivity contribution in [1.82, 2.24) is 9.78 Å². The molecule has 1 aliphatic carbocycles. The van der Waals surface area contributed by atoms with Crippen molar-refractivity contribution in [3.8, 4) is 5.75 Å². The van der Waals surface area contributed by atoms with Crippen LogP contribution in [-0.4, -0.2) is 37.2 Å². The maximum Gasteiger partial charge on any atom is 0.310 e. The van der Waals surface area contributed by atoms with Gasteiger partial charge in [-0.2, -0.15) is 5.10 Å². The molecule has 0 radical (unpaired) electrons. The number of aliphatic carboxylic acids is 1. The highest BCUT2D eigenvalue weighted by atomic mass is 79.9. The van der Waals surface area contributed by atoms with E-state index in [-0.39, 0.29) is 5.69 Å². The molecule has 1 saturated carbocycles. The summed E-state index contributed by atoms with van der Waals surface area (Å²) < 4.78 is 8.72. The average molecular weight is 471 g/mol. The number of carboxylic acid groups (broad SMARTS) is 1. The molecule has 2 heterocycles. The molecule has 0 saturated heterocycles. The number of hydrogen-bond acceptors (Lipinski definition) is 5. The minimum atomic E-state index is -2.05. The van der Waals surface area contributed by atoms with Crippen LogP contribution in [0.15, 0.2) is 65.3 Å². The maximum absolute atomic E-state index is 12.4. The van der Waals surface area contributed by atoms with Crippen molar-refractivity contribution in [3.05, 3.63) is 82.1 Å². The summed E-state index contributed by atoms with van der Waals surface area (Å²) in [5.41, 5.74) is -2.27. The number of nitrogens with zero attached hydrogens (tertiary/aromatic N) is 2. The molecule has 5 unspecified atom stereocenters. The van der Waals surface area contributed by atoms with Gasteiger partial charge in [-0.15, -0.1) is 0 Å². The Labute approximate surface area is 180 Å². The molecule has 2 aromatic carbocycles. The second kappa shape index (κ2) is 6.41. The lowest BCUT2D eigenvalue weighted by molar-refractivity contribution is -0.161. The van der Waals surface area contributed by atoms with Crippen molar-refractivity contribution >= 4 is 21.9 Å². The summed E-state index contributed by atoms with van der Waals surface area (Å²) in [5.74, 6) is -3.06. The van der Waals surface area contributed by atoms with Crippen molar-refractivity contribution in [2.75, 3.05) is 0 Å². The number of carboxylic acids is 1. The number of fused-ring (bicyclic) bond motifs is 3. The lowest BCUT2D eigenvalue weighted by Crippen LogP contribution is -2.52. The highest BCUT2D eigenvalue weighted by Crippen LogP contribution is 2.68. The predicted octanol–water partition coefficient (Wildman–Crippen LogP) is 2.52. The third kappa shape index (κ3) is 2.26. The fourth-order valence-corrected chi connectivity index (χ4v) is 5.39. The fraction of sp³-hybridized carbons (Fsp3) is 0.273. The number of halogens is 1. The smallest absolute Gasteiger partial charge is 0.310 e. The van der Waals surface area contributed by atoms with E-state index in [9.17, 15) is 20.1 Å². The molecule has 1 aliphatic heterocycles. The zero-order chi connectivity index (χ0) is 21.3. The van der Waals surface area contributed by atoms with E-state index in [1.165, 1.54) is 4.68 Å². The summed E-state index contributed by atoms with van der Waals surface area (Å²) in [6.45, 7) is 0. The lowest BCUT2D eigenvalue weighted by atomic mass is 9.71. The predicted molar refractivity (Wildman–Crippen MR) is 110 cm³/mol. The third-order valence-corrected chi connectivity index (χ3v) is 6.80. The molecule has 1 aromatic heterocycles. The van der Waals surface area contributed by atoms with E-state index in [2.05, 4.69) is 21.0 Å². The van der Waals surface area contributed by atoms with Crippen LogP contribution in [-0.2, 0) is 23.0 Å². The van der Waals surface area contributed by atoms with E-state index < -0.39 is 35.1 Å². The first-order chi connectivity index (χ1) is 14.3. The highest BCUT2D eigenvalue weighted by Gasteiger charge is 2.78. The second-order valence-corrected chi connectivity index (χ2v) is 8.74. The van der Waals surface area contributed by atoms with Crippen molar-refractivity contribution in [1.29, 1.82) is 0 Å². The van der Waals surface area contributed by atoms with Crippen LogP contribution >= 0.6 is 15.9 Å².